The maximum Gasteiger partial charge on any atom is 0.234 e. The molecule has 0 aromatic heterocycles. The van der Waals surface area contributed by atoms with E-state index in [2.05, 4.69) is 19.2 Å². The fraction of sp³-hybridized carbons (Fsp3) is 0.917. The number of ether oxygens (including phenoxy) is 1. The Morgan fingerprint density at radius 3 is 2.65 bits per heavy atom. The van der Waals surface area contributed by atoms with Gasteiger partial charge in [0.25, 0.3) is 0 Å². The van der Waals surface area contributed by atoms with Crippen molar-refractivity contribution in [2.75, 3.05) is 46.9 Å². The first-order valence-corrected chi connectivity index (χ1v) is 6.05. The second kappa shape index (κ2) is 8.44. The number of nitrogens with two attached hydrogens (primary N) is 1. The third-order valence-corrected chi connectivity index (χ3v) is 2.51. The molecule has 0 aromatic rings. The van der Waals surface area contributed by atoms with E-state index < -0.39 is 0 Å². The number of hydrogen-bond acceptors (Lipinski definition) is 4. The molecule has 0 rings (SSSR count). The van der Waals surface area contributed by atoms with Crippen molar-refractivity contribution in [1.82, 2.24) is 10.2 Å². The summed E-state index contributed by atoms with van der Waals surface area (Å²) in [4.78, 5) is 13.6. The first-order chi connectivity index (χ1) is 7.91. The highest BCUT2D eigenvalue weighted by atomic mass is 16.5. The van der Waals surface area contributed by atoms with Crippen molar-refractivity contribution in [3.63, 3.8) is 0 Å². The smallest absolute Gasteiger partial charge is 0.234 e. The Balaban J connectivity index is 3.73. The molecule has 0 unspecified atom stereocenters. The zero-order valence-corrected chi connectivity index (χ0v) is 11.6. The molecule has 0 aliphatic heterocycles. The summed E-state index contributed by atoms with van der Waals surface area (Å²) in [7, 11) is 3.59. The minimum Gasteiger partial charge on any atom is -0.385 e. The fourth-order valence-corrected chi connectivity index (χ4v) is 1.60. The highest BCUT2D eigenvalue weighted by Crippen LogP contribution is 2.13. The summed E-state index contributed by atoms with van der Waals surface area (Å²) in [5, 5.41) is 2.86. The van der Waals surface area contributed by atoms with Crippen LogP contribution in [0.15, 0.2) is 0 Å². The molecule has 0 heterocycles. The number of rotatable bonds is 9. The lowest BCUT2D eigenvalue weighted by molar-refractivity contribution is -0.122. The second-order valence-electron chi connectivity index (χ2n) is 5.24. The fourth-order valence-electron chi connectivity index (χ4n) is 1.60. The zero-order chi connectivity index (χ0) is 13.3. The standard InChI is InChI=1S/C12H27N3O2/c1-12(2,9-13)10-15(3)8-11(16)14-6-5-7-17-4/h5-10,13H2,1-4H3,(H,14,16). The summed E-state index contributed by atoms with van der Waals surface area (Å²) in [6.45, 7) is 7.38. The van der Waals surface area contributed by atoms with Crippen LogP contribution in [0.2, 0.25) is 0 Å². The summed E-state index contributed by atoms with van der Waals surface area (Å²) in [6, 6.07) is 0. The first-order valence-electron chi connectivity index (χ1n) is 6.05. The van der Waals surface area contributed by atoms with Crippen LogP contribution in [0, 0.1) is 5.41 Å². The van der Waals surface area contributed by atoms with E-state index in [1.807, 2.05) is 11.9 Å². The van der Waals surface area contributed by atoms with Crippen LogP contribution >= 0.6 is 0 Å². The average molecular weight is 245 g/mol. The van der Waals surface area contributed by atoms with Gasteiger partial charge in [-0.15, -0.1) is 0 Å². The van der Waals surface area contributed by atoms with Crippen LogP contribution in [0.3, 0.4) is 0 Å². The molecule has 1 amide bonds. The van der Waals surface area contributed by atoms with Crippen LogP contribution in [0.4, 0.5) is 0 Å². The molecule has 0 saturated heterocycles. The number of nitrogens with zero attached hydrogens (tertiary/aromatic N) is 1. The molecule has 5 heteroatoms. The second-order valence-corrected chi connectivity index (χ2v) is 5.24. The zero-order valence-electron chi connectivity index (χ0n) is 11.6. The normalized spacial score (nSPS) is 11.9. The lowest BCUT2D eigenvalue weighted by Gasteiger charge is -2.28. The molecule has 0 fully saturated rings. The van der Waals surface area contributed by atoms with Crippen LogP contribution in [0.5, 0.6) is 0 Å². The van der Waals surface area contributed by atoms with Crippen molar-refractivity contribution >= 4 is 5.91 Å². The van der Waals surface area contributed by atoms with Gasteiger partial charge in [0.15, 0.2) is 0 Å². The van der Waals surface area contributed by atoms with Gasteiger partial charge in [-0.2, -0.15) is 0 Å². The number of carbonyl (C=O) groups is 1. The summed E-state index contributed by atoms with van der Waals surface area (Å²) >= 11 is 0. The number of hydrogen-bond donors (Lipinski definition) is 2. The largest absolute Gasteiger partial charge is 0.385 e. The molecular formula is C12H27N3O2. The average Bonchev–Trinajstić information content (AvgIpc) is 2.23. The summed E-state index contributed by atoms with van der Waals surface area (Å²) in [6.07, 6.45) is 0.847. The lowest BCUT2D eigenvalue weighted by atomic mass is 9.93. The molecule has 0 saturated carbocycles. The Bertz CT molecular complexity index is 220. The quantitative estimate of drug-likeness (QED) is 0.564. The van der Waals surface area contributed by atoms with E-state index in [1.54, 1.807) is 7.11 Å². The number of likely N-dealkylation sites (N-methyl/N-ethyl adjacent to an activating group) is 1. The maximum absolute atomic E-state index is 11.6. The Labute approximate surface area is 105 Å². The van der Waals surface area contributed by atoms with Crippen molar-refractivity contribution in [3.8, 4) is 0 Å². The van der Waals surface area contributed by atoms with E-state index in [0.29, 0.717) is 26.2 Å². The number of carbonyl (C=O) groups excluding carboxylic acids is 1. The molecule has 0 radical (unpaired) electrons. The van der Waals surface area contributed by atoms with Crippen molar-refractivity contribution in [3.05, 3.63) is 0 Å². The molecule has 3 N–H and O–H groups in total. The molecule has 0 atom stereocenters. The van der Waals surface area contributed by atoms with Crippen molar-refractivity contribution in [1.29, 1.82) is 0 Å². The van der Waals surface area contributed by atoms with Crippen LogP contribution in [-0.2, 0) is 9.53 Å². The van der Waals surface area contributed by atoms with E-state index in [4.69, 9.17) is 10.5 Å². The maximum atomic E-state index is 11.6. The number of amides is 1. The Morgan fingerprint density at radius 1 is 1.47 bits per heavy atom. The van der Waals surface area contributed by atoms with Gasteiger partial charge in [0, 0.05) is 26.8 Å². The van der Waals surface area contributed by atoms with Gasteiger partial charge in [-0.05, 0) is 25.4 Å². The van der Waals surface area contributed by atoms with Crippen LogP contribution in [0.25, 0.3) is 0 Å². The monoisotopic (exact) mass is 245 g/mol. The number of nitrogens with one attached hydrogen (secondary N) is 1. The van der Waals surface area contributed by atoms with Gasteiger partial charge in [0.1, 0.15) is 0 Å². The molecule has 0 aliphatic carbocycles. The van der Waals surface area contributed by atoms with Crippen LogP contribution in [0.1, 0.15) is 20.3 Å². The van der Waals surface area contributed by atoms with E-state index in [1.165, 1.54) is 0 Å². The highest BCUT2D eigenvalue weighted by molar-refractivity contribution is 5.77. The predicted octanol–water partition coefficient (Wildman–Crippen LogP) is 0.0558. The lowest BCUT2D eigenvalue weighted by Crippen LogP contribution is -2.42. The summed E-state index contributed by atoms with van der Waals surface area (Å²) < 4.78 is 4.91. The molecule has 0 spiro atoms. The predicted molar refractivity (Wildman–Crippen MR) is 69.8 cm³/mol. The van der Waals surface area contributed by atoms with Gasteiger partial charge in [-0.25, -0.2) is 0 Å². The molecule has 0 aromatic carbocycles. The van der Waals surface area contributed by atoms with Gasteiger partial charge < -0.3 is 15.8 Å². The third kappa shape index (κ3) is 9.09. The first kappa shape index (κ1) is 16.4. The SMILES string of the molecule is COCCCNC(=O)CN(C)CC(C)(C)CN. The van der Waals surface area contributed by atoms with Gasteiger partial charge >= 0.3 is 0 Å². The molecule has 5 nitrogen and oxygen atoms in total. The molecule has 0 bridgehead atoms. The van der Waals surface area contributed by atoms with Crippen LogP contribution < -0.4 is 11.1 Å². The molecule has 17 heavy (non-hydrogen) atoms. The highest BCUT2D eigenvalue weighted by Gasteiger charge is 2.19. The van der Waals surface area contributed by atoms with Gasteiger partial charge in [0.2, 0.25) is 5.91 Å². The van der Waals surface area contributed by atoms with Crippen molar-refractivity contribution < 1.29 is 9.53 Å². The molecular weight excluding hydrogens is 218 g/mol. The molecule has 0 aliphatic rings. The van der Waals surface area contributed by atoms with Gasteiger partial charge in [0.05, 0.1) is 6.54 Å². The Morgan fingerprint density at radius 2 is 2.12 bits per heavy atom. The summed E-state index contributed by atoms with van der Waals surface area (Å²) in [5.41, 5.74) is 5.70. The van der Waals surface area contributed by atoms with E-state index in [0.717, 1.165) is 13.0 Å². The van der Waals surface area contributed by atoms with E-state index in [9.17, 15) is 4.79 Å². The van der Waals surface area contributed by atoms with Crippen molar-refractivity contribution in [2.45, 2.75) is 20.3 Å². The van der Waals surface area contributed by atoms with E-state index >= 15 is 0 Å². The third-order valence-electron chi connectivity index (χ3n) is 2.51. The minimum atomic E-state index is 0.0467. The van der Waals surface area contributed by atoms with Gasteiger partial charge in [-0.3, -0.25) is 9.69 Å². The van der Waals surface area contributed by atoms with E-state index in [-0.39, 0.29) is 11.3 Å². The minimum absolute atomic E-state index is 0.0467. The topological polar surface area (TPSA) is 67.6 Å². The number of methoxy groups -OCH3 is 1. The summed E-state index contributed by atoms with van der Waals surface area (Å²) in [5.74, 6) is 0.0522. The Kier molecular flexibility index (Phi) is 8.12. The Hall–Kier alpha value is -0.650. The van der Waals surface area contributed by atoms with Gasteiger partial charge in [-0.1, -0.05) is 13.8 Å². The van der Waals surface area contributed by atoms with Crippen LogP contribution in [-0.4, -0.2) is 57.8 Å². The van der Waals surface area contributed by atoms with Crippen molar-refractivity contribution in [2.24, 2.45) is 11.1 Å². The molecule has 102 valence electrons.